The van der Waals surface area contributed by atoms with E-state index < -0.39 is 0 Å². The summed E-state index contributed by atoms with van der Waals surface area (Å²) in [5.41, 5.74) is 11.3. The fourth-order valence-electron chi connectivity index (χ4n) is 7.74. The third-order valence-electron chi connectivity index (χ3n) is 9.89. The van der Waals surface area contributed by atoms with Crippen molar-refractivity contribution in [1.29, 1.82) is 15.8 Å². The van der Waals surface area contributed by atoms with Crippen molar-refractivity contribution in [3.63, 3.8) is 0 Å². The summed E-state index contributed by atoms with van der Waals surface area (Å²) in [5, 5.41) is 35.0. The second-order valence-electron chi connectivity index (χ2n) is 12.7. The number of fused-ring (bicyclic) bond motifs is 6. The van der Waals surface area contributed by atoms with Crippen molar-refractivity contribution < 1.29 is 0 Å². The summed E-state index contributed by atoms with van der Waals surface area (Å²) >= 11 is 0. The van der Waals surface area contributed by atoms with Crippen LogP contribution in [0, 0.1) is 34.0 Å². The maximum Gasteiger partial charge on any atom is 0.101 e. The van der Waals surface area contributed by atoms with E-state index in [1.807, 2.05) is 84.9 Å². The van der Waals surface area contributed by atoms with Gasteiger partial charge in [0.25, 0.3) is 0 Å². The van der Waals surface area contributed by atoms with E-state index in [2.05, 4.69) is 94.1 Å². The highest BCUT2D eigenvalue weighted by molar-refractivity contribution is 6.10. The molecule has 0 saturated heterocycles. The SMILES string of the molecule is N#Cc1ccc2c(c1)c1ccccc1n2Cc1cccc(-c2c(C#N)cccc2-c2cccc(C#N)c2-n2c3ccccc3c3ccccc32)c1. The molecule has 0 unspecified atom stereocenters. The zero-order chi connectivity index (χ0) is 34.5. The van der Waals surface area contributed by atoms with Gasteiger partial charge in [0.2, 0.25) is 0 Å². The second kappa shape index (κ2) is 11.9. The van der Waals surface area contributed by atoms with Gasteiger partial charge in [0.15, 0.2) is 0 Å². The fourth-order valence-corrected chi connectivity index (χ4v) is 7.74. The highest BCUT2D eigenvalue weighted by Gasteiger charge is 2.22. The number of aromatic nitrogens is 2. The summed E-state index contributed by atoms with van der Waals surface area (Å²) in [4.78, 5) is 0. The van der Waals surface area contributed by atoms with E-state index in [1.54, 1.807) is 0 Å². The molecule has 0 bridgehead atoms. The first-order valence-corrected chi connectivity index (χ1v) is 16.7. The van der Waals surface area contributed by atoms with Crippen LogP contribution in [0.1, 0.15) is 22.3 Å². The predicted molar refractivity (Wildman–Crippen MR) is 204 cm³/mol. The van der Waals surface area contributed by atoms with Gasteiger partial charge in [0, 0.05) is 50.2 Å². The molecule has 0 aliphatic carbocycles. The van der Waals surface area contributed by atoms with Gasteiger partial charge in [0.1, 0.15) is 6.07 Å². The van der Waals surface area contributed by atoms with Gasteiger partial charge in [-0.3, -0.25) is 0 Å². The Labute approximate surface area is 294 Å². The Balaban J connectivity index is 1.25. The first kappa shape index (κ1) is 29.7. The molecule has 5 nitrogen and oxygen atoms in total. The van der Waals surface area contributed by atoms with Gasteiger partial charge >= 0.3 is 0 Å². The Kier molecular flexibility index (Phi) is 6.96. The first-order chi connectivity index (χ1) is 25.2. The van der Waals surface area contributed by atoms with Crippen LogP contribution in [-0.2, 0) is 6.54 Å². The van der Waals surface area contributed by atoms with E-state index in [0.717, 1.165) is 77.1 Å². The van der Waals surface area contributed by atoms with Gasteiger partial charge < -0.3 is 9.13 Å². The maximum absolute atomic E-state index is 10.5. The van der Waals surface area contributed by atoms with Gasteiger partial charge in [-0.25, -0.2) is 0 Å². The number of hydrogen-bond donors (Lipinski definition) is 0. The minimum Gasteiger partial charge on any atom is -0.336 e. The molecule has 0 amide bonds. The average molecular weight is 650 g/mol. The molecule has 0 aliphatic rings. The topological polar surface area (TPSA) is 81.2 Å². The van der Waals surface area contributed by atoms with Crippen LogP contribution in [0.15, 0.2) is 152 Å². The molecule has 0 spiro atoms. The van der Waals surface area contributed by atoms with Gasteiger partial charge in [-0.05, 0) is 71.3 Å². The lowest BCUT2D eigenvalue weighted by Gasteiger charge is -2.19. The quantitative estimate of drug-likeness (QED) is 0.186. The zero-order valence-electron chi connectivity index (χ0n) is 27.4. The van der Waals surface area contributed by atoms with Crippen LogP contribution >= 0.6 is 0 Å². The average Bonchev–Trinajstić information content (AvgIpc) is 3.69. The highest BCUT2D eigenvalue weighted by atomic mass is 15.0. The standard InChI is InChI=1S/C46H27N5/c47-26-30-22-23-42-40(25-30)37-16-1-4-19-41(37)50(42)29-31-10-7-11-32(24-31)45-33(27-48)12-8-17-38(45)39-18-9-13-34(28-49)46(39)51-43-20-5-2-14-35(43)36-15-3-6-21-44(36)51/h1-25H,29H2. The molecular formula is C46H27N5. The summed E-state index contributed by atoms with van der Waals surface area (Å²) in [6.45, 7) is 0.602. The third kappa shape index (κ3) is 4.67. The summed E-state index contributed by atoms with van der Waals surface area (Å²) in [6, 6.07) is 58.0. The Morgan fingerprint density at radius 2 is 1.04 bits per heavy atom. The van der Waals surface area contributed by atoms with Gasteiger partial charge in [-0.15, -0.1) is 0 Å². The molecule has 0 radical (unpaired) electrons. The molecule has 0 aliphatic heterocycles. The lowest BCUT2D eigenvalue weighted by atomic mass is 9.88. The van der Waals surface area contributed by atoms with Crippen LogP contribution in [0.2, 0.25) is 0 Å². The molecule has 5 heteroatoms. The molecular weight excluding hydrogens is 623 g/mol. The minimum atomic E-state index is 0.548. The van der Waals surface area contributed by atoms with Crippen molar-refractivity contribution in [2.24, 2.45) is 0 Å². The summed E-state index contributed by atoms with van der Waals surface area (Å²) in [7, 11) is 0. The van der Waals surface area contributed by atoms with Gasteiger partial charge in [0.05, 0.1) is 45.5 Å². The van der Waals surface area contributed by atoms with Crippen LogP contribution in [0.25, 0.3) is 71.6 Å². The van der Waals surface area contributed by atoms with Crippen molar-refractivity contribution in [2.75, 3.05) is 0 Å². The number of rotatable bonds is 5. The zero-order valence-corrected chi connectivity index (χ0v) is 27.4. The van der Waals surface area contributed by atoms with Crippen LogP contribution in [0.3, 0.4) is 0 Å². The summed E-state index contributed by atoms with van der Waals surface area (Å²) in [5.74, 6) is 0. The molecule has 236 valence electrons. The van der Waals surface area contributed by atoms with E-state index in [9.17, 15) is 15.8 Å². The maximum atomic E-state index is 10.5. The van der Waals surface area contributed by atoms with Gasteiger partial charge in [-0.1, -0.05) is 97.1 Å². The number of para-hydroxylation sites is 4. The Bertz CT molecular complexity index is 2940. The number of nitriles is 3. The molecule has 9 aromatic rings. The van der Waals surface area contributed by atoms with Crippen molar-refractivity contribution in [1.82, 2.24) is 9.13 Å². The van der Waals surface area contributed by atoms with Crippen molar-refractivity contribution in [3.8, 4) is 46.1 Å². The molecule has 2 aromatic heterocycles. The van der Waals surface area contributed by atoms with Crippen molar-refractivity contribution in [3.05, 3.63) is 174 Å². The monoisotopic (exact) mass is 649 g/mol. The molecule has 0 N–H and O–H groups in total. The Morgan fingerprint density at radius 3 is 1.73 bits per heavy atom. The van der Waals surface area contributed by atoms with Crippen LogP contribution in [-0.4, -0.2) is 9.13 Å². The van der Waals surface area contributed by atoms with E-state index in [-0.39, 0.29) is 0 Å². The summed E-state index contributed by atoms with van der Waals surface area (Å²) < 4.78 is 4.48. The third-order valence-corrected chi connectivity index (χ3v) is 9.89. The van der Waals surface area contributed by atoms with Crippen molar-refractivity contribution >= 4 is 43.6 Å². The van der Waals surface area contributed by atoms with Crippen LogP contribution in [0.5, 0.6) is 0 Å². The molecule has 0 saturated carbocycles. The second-order valence-corrected chi connectivity index (χ2v) is 12.7. The molecule has 9 rings (SSSR count). The van der Waals surface area contributed by atoms with E-state index in [1.165, 1.54) is 0 Å². The Hall–Kier alpha value is -7.39. The number of benzene rings is 7. The van der Waals surface area contributed by atoms with Crippen LogP contribution in [0.4, 0.5) is 0 Å². The molecule has 2 heterocycles. The van der Waals surface area contributed by atoms with Crippen molar-refractivity contribution in [2.45, 2.75) is 6.54 Å². The summed E-state index contributed by atoms with van der Waals surface area (Å²) in [6.07, 6.45) is 0. The Morgan fingerprint density at radius 1 is 0.451 bits per heavy atom. The fraction of sp³-hybridized carbons (Fsp3) is 0.0217. The van der Waals surface area contributed by atoms with E-state index in [0.29, 0.717) is 23.2 Å². The molecule has 0 atom stereocenters. The smallest absolute Gasteiger partial charge is 0.101 e. The minimum absolute atomic E-state index is 0.548. The molecule has 51 heavy (non-hydrogen) atoms. The largest absolute Gasteiger partial charge is 0.336 e. The lowest BCUT2D eigenvalue weighted by molar-refractivity contribution is 0.869. The van der Waals surface area contributed by atoms with E-state index >= 15 is 0 Å². The number of nitrogens with zero attached hydrogens (tertiary/aromatic N) is 5. The first-order valence-electron chi connectivity index (χ1n) is 16.7. The lowest BCUT2D eigenvalue weighted by Crippen LogP contribution is -2.02. The predicted octanol–water partition coefficient (Wildman–Crippen LogP) is 10.9. The van der Waals surface area contributed by atoms with Crippen LogP contribution < -0.4 is 0 Å². The molecule has 0 fully saturated rings. The highest BCUT2D eigenvalue weighted by Crippen LogP contribution is 2.42. The number of hydrogen-bond acceptors (Lipinski definition) is 3. The molecule has 7 aromatic carbocycles. The van der Waals surface area contributed by atoms with E-state index in [4.69, 9.17) is 0 Å². The van der Waals surface area contributed by atoms with Gasteiger partial charge in [-0.2, -0.15) is 15.8 Å². The normalized spacial score (nSPS) is 11.2.